The number of ketones is 1. The highest BCUT2D eigenvalue weighted by Gasteiger charge is 2.25. The molecule has 1 saturated heterocycles. The average molecular weight is 652 g/mol. The maximum Gasteiger partial charge on any atom is 0.241 e. The van der Waals surface area contributed by atoms with Crippen LogP contribution in [0.1, 0.15) is 21.6 Å². The molecular formula is C30H27F2N7O6S. The van der Waals surface area contributed by atoms with E-state index in [1.807, 2.05) is 0 Å². The number of anilines is 2. The largest absolute Gasteiger partial charge is 0.436 e. The number of para-hydroxylation sites is 1. The van der Waals surface area contributed by atoms with Crippen LogP contribution in [0.2, 0.25) is 0 Å². The van der Waals surface area contributed by atoms with E-state index < -0.39 is 39.1 Å². The Bertz CT molecular complexity index is 2090. The number of carbonyl (C=O) groups excluding carboxylic acids is 2. The van der Waals surface area contributed by atoms with E-state index in [4.69, 9.17) is 15.2 Å². The van der Waals surface area contributed by atoms with Crippen LogP contribution >= 0.6 is 0 Å². The summed E-state index contributed by atoms with van der Waals surface area (Å²) in [4.78, 5) is 34.3. The molecule has 238 valence electrons. The lowest BCUT2D eigenvalue weighted by Crippen LogP contribution is -2.44. The summed E-state index contributed by atoms with van der Waals surface area (Å²) in [5, 5.41) is 4.54. The third kappa shape index (κ3) is 6.25. The fourth-order valence-electron chi connectivity index (χ4n) is 4.93. The van der Waals surface area contributed by atoms with Gasteiger partial charge in [-0.2, -0.15) is 5.10 Å². The molecule has 2 aromatic carbocycles. The van der Waals surface area contributed by atoms with Crippen molar-refractivity contribution in [3.8, 4) is 17.3 Å². The van der Waals surface area contributed by atoms with Crippen molar-refractivity contribution in [3.05, 3.63) is 89.4 Å². The SMILES string of the molecule is Cc1cc(Oc2ccccc2F)ncc1-n1ncc(C(=O)c2cc3cc(F)c(NS(=O)(=O)CC(=O)N4CCOCC4)cc3[nH]2)c1N. The first-order valence-electron chi connectivity index (χ1n) is 13.9. The zero-order valence-electron chi connectivity index (χ0n) is 24.3. The Morgan fingerprint density at radius 3 is 2.59 bits per heavy atom. The number of morpholine rings is 1. The van der Waals surface area contributed by atoms with Crippen molar-refractivity contribution in [1.29, 1.82) is 0 Å². The Morgan fingerprint density at radius 1 is 1.09 bits per heavy atom. The minimum atomic E-state index is -4.24. The van der Waals surface area contributed by atoms with Crippen LogP contribution in [0.15, 0.2) is 60.9 Å². The molecule has 0 bridgehead atoms. The molecule has 0 atom stereocenters. The molecule has 16 heteroatoms. The van der Waals surface area contributed by atoms with Gasteiger partial charge in [0.25, 0.3) is 0 Å². The van der Waals surface area contributed by atoms with E-state index in [0.717, 1.165) is 6.07 Å². The molecule has 0 spiro atoms. The number of nitrogen functional groups attached to an aromatic ring is 1. The van der Waals surface area contributed by atoms with Gasteiger partial charge in [0.15, 0.2) is 11.6 Å². The molecular weight excluding hydrogens is 624 g/mol. The maximum absolute atomic E-state index is 14.9. The van der Waals surface area contributed by atoms with Gasteiger partial charge in [0, 0.05) is 30.1 Å². The van der Waals surface area contributed by atoms with Gasteiger partial charge in [0.2, 0.25) is 27.6 Å². The number of nitrogens with one attached hydrogen (secondary N) is 2. The van der Waals surface area contributed by atoms with Gasteiger partial charge in [-0.25, -0.2) is 26.9 Å². The number of hydrogen-bond acceptors (Lipinski definition) is 9. The van der Waals surface area contributed by atoms with E-state index >= 15 is 0 Å². The number of benzene rings is 2. The van der Waals surface area contributed by atoms with Crippen molar-refractivity contribution in [2.24, 2.45) is 0 Å². The number of ether oxygens (including phenoxy) is 2. The summed E-state index contributed by atoms with van der Waals surface area (Å²) in [6.45, 7) is 2.90. The van der Waals surface area contributed by atoms with Gasteiger partial charge in [-0.3, -0.25) is 14.3 Å². The lowest BCUT2D eigenvalue weighted by Gasteiger charge is -2.26. The molecule has 1 aliphatic rings. The Morgan fingerprint density at radius 2 is 1.85 bits per heavy atom. The van der Waals surface area contributed by atoms with Gasteiger partial charge in [-0.05, 0) is 42.8 Å². The van der Waals surface area contributed by atoms with Crippen LogP contribution in [0.3, 0.4) is 0 Å². The standard InChI is InChI=1S/C30H27F2N7O6S/c1-17-10-27(45-26-5-3-2-4-20(26)31)34-15-25(17)39-30(33)19(14-35-39)29(41)24-12-18-11-21(32)23(13-22(18)36-24)37-46(42,43)16-28(40)38-6-8-44-9-7-38/h2-5,10-15,36-37H,6-9,16,33H2,1H3. The number of amides is 1. The second-order valence-corrected chi connectivity index (χ2v) is 12.2. The second-order valence-electron chi connectivity index (χ2n) is 10.5. The van der Waals surface area contributed by atoms with Gasteiger partial charge in [0.05, 0.1) is 48.2 Å². The third-order valence-electron chi connectivity index (χ3n) is 7.28. The number of aromatic amines is 1. The summed E-state index contributed by atoms with van der Waals surface area (Å²) in [7, 11) is -4.24. The van der Waals surface area contributed by atoms with Crippen LogP contribution in [0.4, 0.5) is 20.3 Å². The van der Waals surface area contributed by atoms with Gasteiger partial charge in [0.1, 0.15) is 17.4 Å². The third-order valence-corrected chi connectivity index (χ3v) is 8.44. The number of halogens is 2. The molecule has 1 amide bonds. The second kappa shape index (κ2) is 12.2. The Kier molecular flexibility index (Phi) is 8.14. The monoisotopic (exact) mass is 651 g/mol. The molecule has 0 aliphatic carbocycles. The van der Waals surface area contributed by atoms with Crippen LogP contribution in [0, 0.1) is 18.6 Å². The van der Waals surface area contributed by atoms with Crippen LogP contribution in [0.25, 0.3) is 16.6 Å². The number of rotatable bonds is 9. The number of aromatic nitrogens is 4. The van der Waals surface area contributed by atoms with Crippen LogP contribution < -0.4 is 15.2 Å². The summed E-state index contributed by atoms with van der Waals surface area (Å²) in [6, 6.07) is 11.1. The van der Waals surface area contributed by atoms with Gasteiger partial charge < -0.3 is 25.1 Å². The molecule has 13 nitrogen and oxygen atoms in total. The molecule has 0 radical (unpaired) electrons. The van der Waals surface area contributed by atoms with Crippen LogP contribution in [-0.2, 0) is 19.6 Å². The number of nitrogens with zero attached hydrogens (tertiary/aromatic N) is 4. The minimum absolute atomic E-state index is 0.000827. The molecule has 0 unspecified atom stereocenters. The molecule has 1 fully saturated rings. The van der Waals surface area contributed by atoms with E-state index in [2.05, 4.69) is 19.8 Å². The zero-order chi connectivity index (χ0) is 32.6. The maximum atomic E-state index is 14.9. The smallest absolute Gasteiger partial charge is 0.241 e. The fraction of sp³-hybridized carbons (Fsp3) is 0.200. The van der Waals surface area contributed by atoms with Crippen molar-refractivity contribution in [2.75, 3.05) is 42.5 Å². The predicted molar refractivity (Wildman–Crippen MR) is 163 cm³/mol. The van der Waals surface area contributed by atoms with Crippen LogP contribution in [0.5, 0.6) is 11.6 Å². The summed E-state index contributed by atoms with van der Waals surface area (Å²) >= 11 is 0. The molecule has 4 N–H and O–H groups in total. The first-order chi connectivity index (χ1) is 22.0. The summed E-state index contributed by atoms with van der Waals surface area (Å²) in [5.74, 6) is -3.33. The number of hydrogen-bond donors (Lipinski definition) is 3. The molecule has 3 aromatic heterocycles. The number of aryl methyl sites for hydroxylation is 1. The first-order valence-corrected chi connectivity index (χ1v) is 15.6. The van der Waals surface area contributed by atoms with Crippen molar-refractivity contribution >= 4 is 44.1 Å². The predicted octanol–water partition coefficient (Wildman–Crippen LogP) is 3.54. The number of nitrogens with two attached hydrogens (primary N) is 1. The summed E-state index contributed by atoms with van der Waals surface area (Å²) < 4.78 is 68.4. The Labute approximate surface area is 261 Å². The molecule has 0 saturated carbocycles. The van der Waals surface area contributed by atoms with Crippen molar-refractivity contribution < 1.29 is 36.3 Å². The number of carbonyl (C=O) groups is 2. The Balaban J connectivity index is 1.20. The Hall–Kier alpha value is -5.35. The van der Waals surface area contributed by atoms with E-state index in [1.54, 1.807) is 25.1 Å². The zero-order valence-corrected chi connectivity index (χ0v) is 25.1. The highest BCUT2D eigenvalue weighted by Crippen LogP contribution is 2.29. The fourth-order valence-corrected chi connectivity index (χ4v) is 6.01. The highest BCUT2D eigenvalue weighted by molar-refractivity contribution is 7.93. The summed E-state index contributed by atoms with van der Waals surface area (Å²) in [5.41, 5.74) is 7.34. The molecule has 1 aliphatic heterocycles. The van der Waals surface area contributed by atoms with Crippen molar-refractivity contribution in [1.82, 2.24) is 24.6 Å². The van der Waals surface area contributed by atoms with Crippen LogP contribution in [-0.4, -0.2) is 76.8 Å². The van der Waals surface area contributed by atoms with Gasteiger partial charge in [-0.1, -0.05) is 12.1 Å². The normalized spacial score (nSPS) is 13.6. The number of H-pyrrole nitrogens is 1. The number of fused-ring (bicyclic) bond motifs is 1. The topological polar surface area (TPSA) is 175 Å². The molecule has 4 heterocycles. The van der Waals surface area contributed by atoms with Crippen molar-refractivity contribution in [3.63, 3.8) is 0 Å². The average Bonchev–Trinajstić information content (AvgIpc) is 3.61. The lowest BCUT2D eigenvalue weighted by molar-refractivity contribution is -0.132. The molecule has 46 heavy (non-hydrogen) atoms. The van der Waals surface area contributed by atoms with Crippen molar-refractivity contribution in [2.45, 2.75) is 6.92 Å². The quantitative estimate of drug-likeness (QED) is 0.201. The lowest BCUT2D eigenvalue weighted by atomic mass is 10.1. The number of pyridine rings is 1. The van der Waals surface area contributed by atoms with E-state index in [0.29, 0.717) is 29.9 Å². The summed E-state index contributed by atoms with van der Waals surface area (Å²) in [6.07, 6.45) is 2.70. The van der Waals surface area contributed by atoms with Gasteiger partial charge >= 0.3 is 0 Å². The van der Waals surface area contributed by atoms with E-state index in [-0.39, 0.29) is 53.0 Å². The minimum Gasteiger partial charge on any atom is -0.436 e. The van der Waals surface area contributed by atoms with E-state index in [1.165, 1.54) is 46.2 Å². The molecule has 6 rings (SSSR count). The van der Waals surface area contributed by atoms with E-state index in [9.17, 15) is 26.8 Å². The number of sulfonamides is 1. The highest BCUT2D eigenvalue weighted by atomic mass is 32.2. The van der Waals surface area contributed by atoms with Gasteiger partial charge in [-0.15, -0.1) is 0 Å². The first kappa shape index (κ1) is 30.7. The molecule has 5 aromatic rings.